The van der Waals surface area contributed by atoms with Gasteiger partial charge in [-0.05, 0) is 44.6 Å². The molecule has 1 aromatic carbocycles. The number of hydrogen-bond donors (Lipinski definition) is 0. The van der Waals surface area contributed by atoms with Crippen LogP contribution < -0.4 is 4.74 Å². The minimum atomic E-state index is 0.611. The standard InChI is InChI=1S/C14H19NO/c1-15-11-5-7-13(15)8-6-12-16-14-9-3-2-4-10-14/h2-4,6,8-10,13H,5,7,11-12H2,1H3. The summed E-state index contributed by atoms with van der Waals surface area (Å²) in [5.74, 6) is 0.937. The molecule has 0 N–H and O–H groups in total. The van der Waals surface area contributed by atoms with E-state index in [9.17, 15) is 0 Å². The van der Waals surface area contributed by atoms with Crippen LogP contribution in [0, 0.1) is 0 Å². The van der Waals surface area contributed by atoms with Gasteiger partial charge in [0.2, 0.25) is 0 Å². The van der Waals surface area contributed by atoms with Crippen LogP contribution in [-0.4, -0.2) is 31.1 Å². The van der Waals surface area contributed by atoms with Gasteiger partial charge in [0.05, 0.1) is 0 Å². The van der Waals surface area contributed by atoms with Crippen molar-refractivity contribution in [3.8, 4) is 5.75 Å². The normalized spacial score (nSPS) is 21.7. The van der Waals surface area contributed by atoms with Gasteiger partial charge < -0.3 is 4.74 Å². The number of rotatable bonds is 4. The van der Waals surface area contributed by atoms with Crippen LogP contribution in [0.5, 0.6) is 5.75 Å². The smallest absolute Gasteiger partial charge is 0.119 e. The first-order valence-corrected chi connectivity index (χ1v) is 5.91. The highest BCUT2D eigenvalue weighted by molar-refractivity contribution is 5.21. The molecule has 0 bridgehead atoms. The van der Waals surface area contributed by atoms with Crippen LogP contribution in [0.15, 0.2) is 42.5 Å². The molecule has 1 saturated heterocycles. The molecule has 0 spiro atoms. The molecule has 2 nitrogen and oxygen atoms in total. The molecular formula is C14H19NO. The number of para-hydroxylation sites is 1. The maximum atomic E-state index is 5.60. The van der Waals surface area contributed by atoms with E-state index in [2.05, 4.69) is 24.1 Å². The van der Waals surface area contributed by atoms with Crippen molar-refractivity contribution < 1.29 is 4.74 Å². The molecular weight excluding hydrogens is 198 g/mol. The molecule has 0 aromatic heterocycles. The molecule has 1 unspecified atom stereocenters. The second kappa shape index (κ2) is 5.71. The Bertz CT molecular complexity index is 334. The summed E-state index contributed by atoms with van der Waals surface area (Å²) in [4.78, 5) is 2.39. The van der Waals surface area contributed by atoms with Crippen LogP contribution in [0.3, 0.4) is 0 Å². The maximum Gasteiger partial charge on any atom is 0.119 e. The Labute approximate surface area is 97.5 Å². The van der Waals surface area contributed by atoms with Gasteiger partial charge in [-0.2, -0.15) is 0 Å². The fourth-order valence-electron chi connectivity index (χ4n) is 2.05. The summed E-state index contributed by atoms with van der Waals surface area (Å²) in [6.45, 7) is 1.88. The number of ether oxygens (including phenoxy) is 1. The highest BCUT2D eigenvalue weighted by Crippen LogP contribution is 2.15. The summed E-state index contributed by atoms with van der Waals surface area (Å²) in [6, 6.07) is 10.5. The van der Waals surface area contributed by atoms with E-state index >= 15 is 0 Å². The monoisotopic (exact) mass is 217 g/mol. The van der Waals surface area contributed by atoms with Gasteiger partial charge >= 0.3 is 0 Å². The third-order valence-corrected chi connectivity index (χ3v) is 3.02. The van der Waals surface area contributed by atoms with E-state index in [-0.39, 0.29) is 0 Å². The Kier molecular flexibility index (Phi) is 4.00. The van der Waals surface area contributed by atoms with E-state index in [1.54, 1.807) is 0 Å². The number of likely N-dealkylation sites (N-methyl/N-ethyl adjacent to an activating group) is 1. The van der Waals surface area contributed by atoms with Crippen LogP contribution in [0.2, 0.25) is 0 Å². The van der Waals surface area contributed by atoms with Gasteiger partial charge in [0.1, 0.15) is 12.4 Å². The summed E-state index contributed by atoms with van der Waals surface area (Å²) >= 11 is 0. The summed E-state index contributed by atoms with van der Waals surface area (Å²) in [6.07, 6.45) is 6.97. The summed E-state index contributed by atoms with van der Waals surface area (Å²) in [7, 11) is 2.18. The van der Waals surface area contributed by atoms with Crippen molar-refractivity contribution in [2.24, 2.45) is 0 Å². The lowest BCUT2D eigenvalue weighted by Crippen LogP contribution is -2.22. The zero-order chi connectivity index (χ0) is 11.2. The van der Waals surface area contributed by atoms with Gasteiger partial charge in [0.25, 0.3) is 0 Å². The SMILES string of the molecule is CN1CCCC1C=CCOc1ccccc1. The number of benzene rings is 1. The second-order valence-electron chi connectivity index (χ2n) is 4.24. The van der Waals surface area contributed by atoms with E-state index in [0.29, 0.717) is 12.6 Å². The molecule has 0 saturated carbocycles. The highest BCUT2D eigenvalue weighted by Gasteiger charge is 2.17. The first kappa shape index (κ1) is 11.2. The minimum absolute atomic E-state index is 0.611. The molecule has 1 heterocycles. The van der Waals surface area contributed by atoms with Crippen LogP contribution in [0.1, 0.15) is 12.8 Å². The predicted octanol–water partition coefficient (Wildman–Crippen LogP) is 2.72. The first-order valence-electron chi connectivity index (χ1n) is 5.91. The number of nitrogens with zero attached hydrogens (tertiary/aromatic N) is 1. The lowest BCUT2D eigenvalue weighted by molar-refractivity contribution is 0.346. The van der Waals surface area contributed by atoms with E-state index in [4.69, 9.17) is 4.74 Å². The van der Waals surface area contributed by atoms with Crippen molar-refractivity contribution in [2.75, 3.05) is 20.2 Å². The van der Waals surface area contributed by atoms with Crippen molar-refractivity contribution in [3.63, 3.8) is 0 Å². The zero-order valence-corrected chi connectivity index (χ0v) is 9.80. The second-order valence-corrected chi connectivity index (χ2v) is 4.24. The van der Waals surface area contributed by atoms with Crippen LogP contribution in [0.4, 0.5) is 0 Å². The molecule has 1 aliphatic heterocycles. The lowest BCUT2D eigenvalue weighted by atomic mass is 10.2. The average Bonchev–Trinajstić information content (AvgIpc) is 2.72. The zero-order valence-electron chi connectivity index (χ0n) is 9.80. The van der Waals surface area contributed by atoms with Gasteiger partial charge in [-0.1, -0.05) is 24.3 Å². The molecule has 0 radical (unpaired) electrons. The fourth-order valence-corrected chi connectivity index (χ4v) is 2.05. The third kappa shape index (κ3) is 3.11. The Balaban J connectivity index is 1.73. The van der Waals surface area contributed by atoms with E-state index in [0.717, 1.165) is 5.75 Å². The Morgan fingerprint density at radius 1 is 1.38 bits per heavy atom. The molecule has 1 aliphatic rings. The topological polar surface area (TPSA) is 12.5 Å². The number of likely N-dealkylation sites (tertiary alicyclic amines) is 1. The Hall–Kier alpha value is -1.28. The minimum Gasteiger partial charge on any atom is -0.490 e. The van der Waals surface area contributed by atoms with Crippen molar-refractivity contribution in [1.29, 1.82) is 0 Å². The molecule has 1 atom stereocenters. The van der Waals surface area contributed by atoms with Gasteiger partial charge in [0, 0.05) is 6.04 Å². The van der Waals surface area contributed by atoms with Crippen LogP contribution >= 0.6 is 0 Å². The quantitative estimate of drug-likeness (QED) is 0.719. The van der Waals surface area contributed by atoms with Gasteiger partial charge in [-0.15, -0.1) is 0 Å². The Morgan fingerprint density at radius 2 is 2.19 bits per heavy atom. The van der Waals surface area contributed by atoms with Crippen LogP contribution in [0.25, 0.3) is 0 Å². The fraction of sp³-hybridized carbons (Fsp3) is 0.429. The molecule has 2 heteroatoms. The van der Waals surface area contributed by atoms with Crippen molar-refractivity contribution in [3.05, 3.63) is 42.5 Å². The number of hydrogen-bond acceptors (Lipinski definition) is 2. The third-order valence-electron chi connectivity index (χ3n) is 3.02. The summed E-state index contributed by atoms with van der Waals surface area (Å²) in [5, 5.41) is 0. The van der Waals surface area contributed by atoms with E-state index in [1.165, 1.54) is 19.4 Å². The summed E-state index contributed by atoms with van der Waals surface area (Å²) < 4.78 is 5.60. The van der Waals surface area contributed by atoms with Gasteiger partial charge in [-0.25, -0.2) is 0 Å². The van der Waals surface area contributed by atoms with Gasteiger partial charge in [-0.3, -0.25) is 4.90 Å². The maximum absolute atomic E-state index is 5.60. The molecule has 1 aromatic rings. The highest BCUT2D eigenvalue weighted by atomic mass is 16.5. The van der Waals surface area contributed by atoms with Crippen molar-refractivity contribution in [1.82, 2.24) is 4.90 Å². The van der Waals surface area contributed by atoms with Crippen molar-refractivity contribution >= 4 is 0 Å². The molecule has 1 fully saturated rings. The predicted molar refractivity (Wildman–Crippen MR) is 66.7 cm³/mol. The first-order chi connectivity index (χ1) is 7.86. The lowest BCUT2D eigenvalue weighted by Gasteiger charge is -2.14. The van der Waals surface area contributed by atoms with E-state index < -0.39 is 0 Å². The Morgan fingerprint density at radius 3 is 2.88 bits per heavy atom. The van der Waals surface area contributed by atoms with E-state index in [1.807, 2.05) is 30.3 Å². The van der Waals surface area contributed by atoms with Crippen molar-refractivity contribution in [2.45, 2.75) is 18.9 Å². The molecule has 16 heavy (non-hydrogen) atoms. The molecule has 86 valence electrons. The van der Waals surface area contributed by atoms with Gasteiger partial charge in [0.15, 0.2) is 0 Å². The average molecular weight is 217 g/mol. The molecule has 0 amide bonds. The molecule has 0 aliphatic carbocycles. The van der Waals surface area contributed by atoms with Crippen LogP contribution in [-0.2, 0) is 0 Å². The largest absolute Gasteiger partial charge is 0.490 e. The molecule has 2 rings (SSSR count). The summed E-state index contributed by atoms with van der Waals surface area (Å²) in [5.41, 5.74) is 0.